The van der Waals surface area contributed by atoms with Crippen LogP contribution >= 0.6 is 34.8 Å². The lowest BCUT2D eigenvalue weighted by molar-refractivity contribution is 0.488. The van der Waals surface area contributed by atoms with Gasteiger partial charge in [-0.25, -0.2) is 4.98 Å². The van der Waals surface area contributed by atoms with Crippen molar-refractivity contribution in [2.75, 3.05) is 0 Å². The minimum absolute atomic E-state index is 0.129. The Bertz CT molecular complexity index is 648. The van der Waals surface area contributed by atoms with E-state index < -0.39 is 0 Å². The lowest BCUT2D eigenvalue weighted by atomic mass is 10.1. The fraction of sp³-hybridized carbons (Fsp3) is 0.533. The van der Waals surface area contributed by atoms with E-state index in [0.717, 1.165) is 22.8 Å². The molecule has 1 aromatic heterocycles. The third-order valence-corrected chi connectivity index (χ3v) is 5.06. The van der Waals surface area contributed by atoms with Gasteiger partial charge in [-0.1, -0.05) is 30.1 Å². The number of benzene rings is 1. The van der Waals surface area contributed by atoms with Crippen LogP contribution in [0.25, 0.3) is 11.0 Å². The molecule has 3 atom stereocenters. The Kier molecular flexibility index (Phi) is 3.91. The van der Waals surface area contributed by atoms with Crippen LogP contribution in [0.2, 0.25) is 10.0 Å². The maximum absolute atomic E-state index is 6.32. The molecule has 0 bridgehead atoms. The highest BCUT2D eigenvalue weighted by molar-refractivity contribution is 6.42. The van der Waals surface area contributed by atoms with Crippen molar-refractivity contribution < 1.29 is 0 Å². The molecule has 3 unspecified atom stereocenters. The third-order valence-electron chi connectivity index (χ3n) is 4.15. The normalized spacial score (nSPS) is 24.4. The number of alkyl halides is 1. The van der Waals surface area contributed by atoms with Crippen molar-refractivity contribution >= 4 is 45.8 Å². The monoisotopic (exact) mass is 330 g/mol. The lowest BCUT2D eigenvalue weighted by Gasteiger charge is -2.18. The van der Waals surface area contributed by atoms with E-state index in [1.165, 1.54) is 19.3 Å². The fourth-order valence-corrected chi connectivity index (χ4v) is 3.65. The second kappa shape index (κ2) is 5.40. The van der Waals surface area contributed by atoms with Gasteiger partial charge in [-0.05, 0) is 44.2 Å². The first kappa shape index (κ1) is 14.5. The topological polar surface area (TPSA) is 17.8 Å². The van der Waals surface area contributed by atoms with E-state index in [1.54, 1.807) is 0 Å². The van der Waals surface area contributed by atoms with Crippen molar-refractivity contribution in [1.29, 1.82) is 0 Å². The number of nitrogens with zero attached hydrogens (tertiary/aromatic N) is 2. The quantitative estimate of drug-likeness (QED) is 0.617. The van der Waals surface area contributed by atoms with Gasteiger partial charge in [-0.15, -0.1) is 11.6 Å². The van der Waals surface area contributed by atoms with Crippen molar-refractivity contribution in [3.8, 4) is 0 Å². The summed E-state index contributed by atoms with van der Waals surface area (Å²) in [6.45, 7) is 4.26. The molecule has 1 aliphatic carbocycles. The Hall–Kier alpha value is -0.440. The van der Waals surface area contributed by atoms with Gasteiger partial charge in [0, 0.05) is 6.04 Å². The van der Waals surface area contributed by atoms with Crippen molar-refractivity contribution in [1.82, 2.24) is 9.55 Å². The van der Waals surface area contributed by atoms with Gasteiger partial charge in [-0.2, -0.15) is 0 Å². The summed E-state index contributed by atoms with van der Waals surface area (Å²) >= 11 is 18.6. The van der Waals surface area contributed by atoms with Crippen LogP contribution in [0.3, 0.4) is 0 Å². The van der Waals surface area contributed by atoms with Gasteiger partial charge < -0.3 is 4.57 Å². The van der Waals surface area contributed by atoms with Crippen LogP contribution < -0.4 is 0 Å². The average Bonchev–Trinajstić information content (AvgIpc) is 2.94. The smallest absolute Gasteiger partial charge is 0.127 e. The lowest BCUT2D eigenvalue weighted by Crippen LogP contribution is -2.10. The maximum atomic E-state index is 6.32. The molecule has 0 amide bonds. The molecular weight excluding hydrogens is 315 g/mol. The zero-order valence-electron chi connectivity index (χ0n) is 11.5. The summed E-state index contributed by atoms with van der Waals surface area (Å²) in [6.07, 6.45) is 3.59. The number of imidazole rings is 1. The fourth-order valence-electron chi connectivity index (χ4n) is 3.18. The van der Waals surface area contributed by atoms with E-state index in [9.17, 15) is 0 Å². The molecule has 5 heteroatoms. The largest absolute Gasteiger partial charge is 0.324 e. The Balaban J connectivity index is 2.21. The molecule has 0 saturated heterocycles. The second-order valence-corrected chi connectivity index (χ2v) is 7.25. The molecule has 3 rings (SSSR count). The van der Waals surface area contributed by atoms with Crippen molar-refractivity contribution in [3.63, 3.8) is 0 Å². The Labute approximate surface area is 134 Å². The SMILES string of the molecule is CC1CCC(n2c(C(C)Cl)nc3cc(Cl)c(Cl)cc32)C1. The van der Waals surface area contributed by atoms with Crippen molar-refractivity contribution in [2.24, 2.45) is 5.92 Å². The van der Waals surface area contributed by atoms with E-state index in [1.807, 2.05) is 19.1 Å². The van der Waals surface area contributed by atoms with Crippen LogP contribution in [-0.4, -0.2) is 9.55 Å². The van der Waals surface area contributed by atoms with Crippen LogP contribution in [0.15, 0.2) is 12.1 Å². The number of hydrogen-bond acceptors (Lipinski definition) is 1. The molecule has 1 fully saturated rings. The Morgan fingerprint density at radius 1 is 1.25 bits per heavy atom. The van der Waals surface area contributed by atoms with Gasteiger partial charge >= 0.3 is 0 Å². The van der Waals surface area contributed by atoms with Crippen LogP contribution in [0.1, 0.15) is 50.4 Å². The third kappa shape index (κ3) is 2.43. The van der Waals surface area contributed by atoms with Crippen molar-refractivity contribution in [3.05, 3.63) is 28.0 Å². The Morgan fingerprint density at radius 2 is 1.95 bits per heavy atom. The molecule has 2 nitrogen and oxygen atoms in total. The molecule has 2 aromatic rings. The van der Waals surface area contributed by atoms with Crippen LogP contribution in [0.5, 0.6) is 0 Å². The van der Waals surface area contributed by atoms with Crippen LogP contribution in [-0.2, 0) is 0 Å². The van der Waals surface area contributed by atoms with Crippen LogP contribution in [0, 0.1) is 5.92 Å². The second-order valence-electron chi connectivity index (χ2n) is 5.78. The van der Waals surface area contributed by atoms with Gasteiger partial charge in [0.15, 0.2) is 0 Å². The molecular formula is C15H17Cl3N2. The number of rotatable bonds is 2. The molecule has 1 aliphatic rings. The number of halogens is 3. The van der Waals surface area contributed by atoms with Gasteiger partial charge in [0.1, 0.15) is 5.82 Å². The van der Waals surface area contributed by atoms with Crippen molar-refractivity contribution in [2.45, 2.75) is 44.5 Å². The zero-order valence-corrected chi connectivity index (χ0v) is 13.8. The highest BCUT2D eigenvalue weighted by atomic mass is 35.5. The van der Waals surface area contributed by atoms with Gasteiger partial charge in [0.2, 0.25) is 0 Å². The summed E-state index contributed by atoms with van der Waals surface area (Å²) in [5, 5.41) is 0.980. The summed E-state index contributed by atoms with van der Waals surface area (Å²) in [7, 11) is 0. The molecule has 0 radical (unpaired) electrons. The molecule has 0 aliphatic heterocycles. The number of aromatic nitrogens is 2. The average molecular weight is 332 g/mol. The van der Waals surface area contributed by atoms with E-state index in [2.05, 4.69) is 16.5 Å². The van der Waals surface area contributed by atoms with E-state index in [-0.39, 0.29) is 5.38 Å². The summed E-state index contributed by atoms with van der Waals surface area (Å²) in [6, 6.07) is 4.21. The minimum Gasteiger partial charge on any atom is -0.324 e. The first-order valence-corrected chi connectivity index (χ1v) is 8.17. The van der Waals surface area contributed by atoms with Gasteiger partial charge in [0.25, 0.3) is 0 Å². The first-order valence-electron chi connectivity index (χ1n) is 6.98. The molecule has 1 heterocycles. The molecule has 1 aromatic carbocycles. The maximum Gasteiger partial charge on any atom is 0.127 e. The van der Waals surface area contributed by atoms with Crippen LogP contribution in [0.4, 0.5) is 0 Å². The minimum atomic E-state index is -0.129. The van der Waals surface area contributed by atoms with E-state index >= 15 is 0 Å². The molecule has 1 saturated carbocycles. The summed E-state index contributed by atoms with van der Waals surface area (Å²) in [5.74, 6) is 1.66. The molecule has 0 N–H and O–H groups in total. The Morgan fingerprint density at radius 3 is 2.55 bits per heavy atom. The van der Waals surface area contributed by atoms with E-state index in [0.29, 0.717) is 16.1 Å². The zero-order chi connectivity index (χ0) is 14.4. The highest BCUT2D eigenvalue weighted by Gasteiger charge is 2.28. The summed E-state index contributed by atoms with van der Waals surface area (Å²) in [5.41, 5.74) is 1.92. The standard InChI is InChI=1S/C15H17Cl3N2/c1-8-3-4-10(5-8)20-14-7-12(18)11(17)6-13(14)19-15(20)9(2)16/h6-10H,3-5H2,1-2H3. The predicted octanol–water partition coefficient (Wildman–Crippen LogP) is 6.00. The molecule has 20 heavy (non-hydrogen) atoms. The number of hydrogen-bond donors (Lipinski definition) is 0. The summed E-state index contributed by atoms with van der Waals surface area (Å²) in [4.78, 5) is 4.67. The predicted molar refractivity (Wildman–Crippen MR) is 86.1 cm³/mol. The molecule has 0 spiro atoms. The van der Waals surface area contributed by atoms with Gasteiger partial charge in [-0.3, -0.25) is 0 Å². The number of fused-ring (bicyclic) bond motifs is 1. The highest BCUT2D eigenvalue weighted by Crippen LogP contribution is 2.40. The van der Waals surface area contributed by atoms with E-state index in [4.69, 9.17) is 34.8 Å². The summed E-state index contributed by atoms with van der Waals surface area (Å²) < 4.78 is 2.28. The first-order chi connectivity index (χ1) is 9.47. The molecule has 108 valence electrons. The van der Waals surface area contributed by atoms with Gasteiger partial charge in [0.05, 0.1) is 26.5 Å².